The summed E-state index contributed by atoms with van der Waals surface area (Å²) in [6, 6.07) is 10.2. The van der Waals surface area contributed by atoms with Crippen LogP contribution >= 0.6 is 0 Å². The Balaban J connectivity index is 1.76. The molecule has 1 N–H and O–H groups in total. The summed E-state index contributed by atoms with van der Waals surface area (Å²) in [7, 11) is 0. The van der Waals surface area contributed by atoms with Gasteiger partial charge in [-0.1, -0.05) is 18.2 Å². The van der Waals surface area contributed by atoms with Gasteiger partial charge in [0.2, 0.25) is 11.6 Å². The number of aromatic amines is 1. The summed E-state index contributed by atoms with van der Waals surface area (Å²) in [6.07, 6.45) is 4.52. The minimum Gasteiger partial charge on any atom is -0.307 e. The largest absolute Gasteiger partial charge is 0.307 e. The first-order valence-electron chi connectivity index (χ1n) is 7.71. The fraction of sp³-hybridized carbons (Fsp3) is 0.312. The Labute approximate surface area is 132 Å². The third-order valence-corrected chi connectivity index (χ3v) is 4.19. The molecule has 7 heteroatoms. The van der Waals surface area contributed by atoms with Crippen LogP contribution in [0.5, 0.6) is 0 Å². The van der Waals surface area contributed by atoms with E-state index in [4.69, 9.17) is 0 Å². The van der Waals surface area contributed by atoms with Crippen molar-refractivity contribution in [1.29, 1.82) is 0 Å². The van der Waals surface area contributed by atoms with Crippen LogP contribution in [0.25, 0.3) is 11.2 Å². The molecule has 0 spiro atoms. The standard InChI is InChI=1S/C16H16N6O/c23-13-8-6-12(7-9-13)22(11-4-2-1-3-5-11)16-17-10-14-15(18-16)20-21-19-14/h1-5,10,12H,6-9H2,(H,17,18,19,20,21). The monoisotopic (exact) mass is 308 g/mol. The van der Waals surface area contributed by atoms with Crippen LogP contribution in [-0.2, 0) is 4.79 Å². The number of fused-ring (bicyclic) bond motifs is 1. The third kappa shape index (κ3) is 2.65. The second-order valence-electron chi connectivity index (χ2n) is 5.68. The molecule has 1 saturated carbocycles. The normalized spacial score (nSPS) is 15.9. The number of Topliss-reactive ketones (excluding diaryl/α,β-unsaturated/α-hetero) is 1. The quantitative estimate of drug-likeness (QED) is 0.799. The molecule has 116 valence electrons. The Morgan fingerprint density at radius 1 is 1.09 bits per heavy atom. The van der Waals surface area contributed by atoms with Gasteiger partial charge in [0.15, 0.2) is 0 Å². The first-order valence-corrected chi connectivity index (χ1v) is 7.71. The number of hydrogen-bond acceptors (Lipinski definition) is 6. The number of H-pyrrole nitrogens is 1. The lowest BCUT2D eigenvalue weighted by Gasteiger charge is -2.33. The van der Waals surface area contributed by atoms with Gasteiger partial charge in [0.25, 0.3) is 0 Å². The van der Waals surface area contributed by atoms with Gasteiger partial charge in [-0.25, -0.2) is 4.98 Å². The molecule has 0 amide bonds. The predicted octanol–water partition coefficient (Wildman–Crippen LogP) is 2.40. The molecule has 1 aliphatic rings. The molecule has 0 radical (unpaired) electrons. The summed E-state index contributed by atoms with van der Waals surface area (Å²) in [6.45, 7) is 0. The lowest BCUT2D eigenvalue weighted by atomic mass is 9.93. The van der Waals surface area contributed by atoms with E-state index in [2.05, 4.69) is 30.3 Å². The molecule has 3 aromatic rings. The molecule has 0 bridgehead atoms. The van der Waals surface area contributed by atoms with Crippen LogP contribution in [0.2, 0.25) is 0 Å². The van der Waals surface area contributed by atoms with Gasteiger partial charge in [-0.2, -0.15) is 15.3 Å². The van der Waals surface area contributed by atoms with Crippen LogP contribution < -0.4 is 4.90 Å². The zero-order chi connectivity index (χ0) is 15.6. The molecule has 0 saturated heterocycles. The van der Waals surface area contributed by atoms with E-state index in [1.165, 1.54) is 0 Å². The van der Waals surface area contributed by atoms with Crippen LogP contribution in [0.1, 0.15) is 25.7 Å². The van der Waals surface area contributed by atoms with Gasteiger partial charge in [-0.05, 0) is 25.0 Å². The minimum absolute atomic E-state index is 0.208. The van der Waals surface area contributed by atoms with E-state index in [1.54, 1.807) is 6.20 Å². The summed E-state index contributed by atoms with van der Waals surface area (Å²) in [5, 5.41) is 10.6. The summed E-state index contributed by atoms with van der Waals surface area (Å²) in [5.74, 6) is 0.930. The van der Waals surface area contributed by atoms with Crippen molar-refractivity contribution in [2.75, 3.05) is 4.90 Å². The maximum absolute atomic E-state index is 11.6. The van der Waals surface area contributed by atoms with Crippen molar-refractivity contribution < 1.29 is 4.79 Å². The molecule has 7 nitrogen and oxygen atoms in total. The fourth-order valence-electron chi connectivity index (χ4n) is 3.02. The second kappa shape index (κ2) is 5.75. The van der Waals surface area contributed by atoms with E-state index >= 15 is 0 Å². The zero-order valence-corrected chi connectivity index (χ0v) is 12.5. The molecule has 1 fully saturated rings. The maximum Gasteiger partial charge on any atom is 0.232 e. The molecular weight excluding hydrogens is 292 g/mol. The SMILES string of the molecule is O=C1CCC(N(c2ccccc2)c2ncc3n[nH]nc3n2)CC1. The molecule has 23 heavy (non-hydrogen) atoms. The van der Waals surface area contributed by atoms with Crippen molar-refractivity contribution >= 4 is 28.6 Å². The first-order chi connectivity index (χ1) is 11.3. The minimum atomic E-state index is 0.208. The Morgan fingerprint density at radius 2 is 1.87 bits per heavy atom. The highest BCUT2D eigenvalue weighted by molar-refractivity contribution is 5.80. The van der Waals surface area contributed by atoms with E-state index in [1.807, 2.05) is 30.3 Å². The van der Waals surface area contributed by atoms with E-state index in [0.29, 0.717) is 35.7 Å². The lowest BCUT2D eigenvalue weighted by molar-refractivity contribution is -0.120. The van der Waals surface area contributed by atoms with Gasteiger partial charge < -0.3 is 4.90 Å². The summed E-state index contributed by atoms with van der Waals surface area (Å²) in [4.78, 5) is 22.7. The van der Waals surface area contributed by atoms with Gasteiger partial charge in [-0.15, -0.1) is 5.10 Å². The van der Waals surface area contributed by atoms with Crippen LogP contribution in [0.15, 0.2) is 36.5 Å². The highest BCUT2D eigenvalue weighted by Gasteiger charge is 2.27. The van der Waals surface area contributed by atoms with Crippen molar-refractivity contribution in [2.24, 2.45) is 0 Å². The highest BCUT2D eigenvalue weighted by atomic mass is 16.1. The smallest absolute Gasteiger partial charge is 0.232 e. The van der Waals surface area contributed by atoms with Gasteiger partial charge >= 0.3 is 0 Å². The first kappa shape index (κ1) is 13.8. The molecule has 0 atom stereocenters. The van der Waals surface area contributed by atoms with Gasteiger partial charge in [0.05, 0.1) is 6.20 Å². The predicted molar refractivity (Wildman–Crippen MR) is 85.3 cm³/mol. The molecule has 2 aromatic heterocycles. The number of aromatic nitrogens is 5. The lowest BCUT2D eigenvalue weighted by Crippen LogP contribution is -2.36. The molecule has 0 unspecified atom stereocenters. The number of rotatable bonds is 3. The summed E-state index contributed by atoms with van der Waals surface area (Å²) >= 11 is 0. The number of para-hydroxylation sites is 1. The summed E-state index contributed by atoms with van der Waals surface area (Å²) in [5.41, 5.74) is 2.21. The topological polar surface area (TPSA) is 87.7 Å². The summed E-state index contributed by atoms with van der Waals surface area (Å²) < 4.78 is 0. The van der Waals surface area contributed by atoms with E-state index in [9.17, 15) is 4.79 Å². The van der Waals surface area contributed by atoms with Gasteiger partial charge in [0.1, 0.15) is 11.3 Å². The van der Waals surface area contributed by atoms with Crippen LogP contribution in [0.3, 0.4) is 0 Å². The molecule has 1 aliphatic carbocycles. The van der Waals surface area contributed by atoms with E-state index in [0.717, 1.165) is 18.5 Å². The molecule has 2 heterocycles. The van der Waals surface area contributed by atoms with Crippen LogP contribution in [0.4, 0.5) is 11.6 Å². The van der Waals surface area contributed by atoms with Crippen molar-refractivity contribution in [3.63, 3.8) is 0 Å². The molecule has 0 aliphatic heterocycles. The van der Waals surface area contributed by atoms with Crippen LogP contribution in [-0.4, -0.2) is 37.2 Å². The number of nitrogens with one attached hydrogen (secondary N) is 1. The number of ketones is 1. The Bertz CT molecular complexity index is 821. The third-order valence-electron chi connectivity index (χ3n) is 4.19. The van der Waals surface area contributed by atoms with Crippen molar-refractivity contribution in [3.8, 4) is 0 Å². The Kier molecular flexibility index (Phi) is 3.45. The van der Waals surface area contributed by atoms with Crippen molar-refractivity contribution in [1.82, 2.24) is 25.4 Å². The van der Waals surface area contributed by atoms with Crippen molar-refractivity contribution in [2.45, 2.75) is 31.7 Å². The fourth-order valence-corrected chi connectivity index (χ4v) is 3.02. The number of benzene rings is 1. The molecular formula is C16H16N6O. The number of carbonyl (C=O) groups excluding carboxylic acids is 1. The van der Waals surface area contributed by atoms with Crippen molar-refractivity contribution in [3.05, 3.63) is 36.5 Å². The number of carbonyl (C=O) groups is 1. The van der Waals surface area contributed by atoms with E-state index in [-0.39, 0.29) is 6.04 Å². The maximum atomic E-state index is 11.6. The van der Waals surface area contributed by atoms with E-state index < -0.39 is 0 Å². The average Bonchev–Trinajstić information content (AvgIpc) is 3.06. The highest BCUT2D eigenvalue weighted by Crippen LogP contribution is 2.31. The van der Waals surface area contributed by atoms with Gasteiger partial charge in [-0.3, -0.25) is 4.79 Å². The van der Waals surface area contributed by atoms with Gasteiger partial charge in [0, 0.05) is 24.6 Å². The number of anilines is 2. The molecule has 4 rings (SSSR count). The zero-order valence-electron chi connectivity index (χ0n) is 12.5. The average molecular weight is 308 g/mol. The Morgan fingerprint density at radius 3 is 2.65 bits per heavy atom. The number of nitrogens with zero attached hydrogens (tertiary/aromatic N) is 5. The number of hydrogen-bond donors (Lipinski definition) is 1. The Hall–Kier alpha value is -2.83. The van der Waals surface area contributed by atoms with Crippen LogP contribution in [0, 0.1) is 0 Å². The molecule has 1 aromatic carbocycles. The second-order valence-corrected chi connectivity index (χ2v) is 5.68.